The minimum atomic E-state index is 0.356. The summed E-state index contributed by atoms with van der Waals surface area (Å²) in [6.07, 6.45) is 5.26. The maximum absolute atomic E-state index is 6.19. The van der Waals surface area contributed by atoms with E-state index in [1.807, 2.05) is 17.9 Å². The van der Waals surface area contributed by atoms with E-state index in [2.05, 4.69) is 25.0 Å². The summed E-state index contributed by atoms with van der Waals surface area (Å²) in [5.74, 6) is 0.728. The Labute approximate surface area is 91.7 Å². The van der Waals surface area contributed by atoms with Crippen LogP contribution < -0.4 is 5.73 Å². The van der Waals surface area contributed by atoms with Gasteiger partial charge in [0.15, 0.2) is 0 Å². The van der Waals surface area contributed by atoms with Gasteiger partial charge in [0.2, 0.25) is 0 Å². The average Bonchev–Trinajstić information content (AvgIpc) is 2.61. The number of hydrogen-bond acceptors (Lipinski definition) is 2. The summed E-state index contributed by atoms with van der Waals surface area (Å²) < 4.78 is 1.94. The highest BCUT2D eigenvalue weighted by Gasteiger charge is 2.48. The van der Waals surface area contributed by atoms with Gasteiger partial charge in [0.05, 0.1) is 0 Å². The average molecular weight is 207 g/mol. The summed E-state index contributed by atoms with van der Waals surface area (Å²) >= 11 is 0. The van der Waals surface area contributed by atoms with Crippen molar-refractivity contribution < 1.29 is 0 Å². The molecule has 1 aliphatic rings. The molecule has 0 saturated heterocycles. The van der Waals surface area contributed by atoms with Crippen molar-refractivity contribution in [2.24, 2.45) is 24.1 Å². The molecule has 84 valence electrons. The fraction of sp³-hybridized carbons (Fsp3) is 0.750. The first-order chi connectivity index (χ1) is 7.00. The molecule has 2 N–H and O–H groups in total. The van der Waals surface area contributed by atoms with Gasteiger partial charge in [0, 0.05) is 25.0 Å². The molecule has 0 aliphatic heterocycles. The Hall–Kier alpha value is -0.830. The fourth-order valence-electron chi connectivity index (χ4n) is 2.40. The molecule has 3 heteroatoms. The van der Waals surface area contributed by atoms with E-state index in [9.17, 15) is 0 Å². The van der Waals surface area contributed by atoms with Crippen LogP contribution in [0.3, 0.4) is 0 Å². The van der Waals surface area contributed by atoms with Crippen molar-refractivity contribution >= 4 is 0 Å². The van der Waals surface area contributed by atoms with Crippen molar-refractivity contribution in [3.05, 3.63) is 18.0 Å². The number of rotatable bonds is 4. The lowest BCUT2D eigenvalue weighted by Crippen LogP contribution is -2.25. The number of hydrogen-bond donors (Lipinski definition) is 1. The van der Waals surface area contributed by atoms with Gasteiger partial charge in [-0.3, -0.25) is 4.68 Å². The molecule has 1 aromatic rings. The van der Waals surface area contributed by atoms with Gasteiger partial charge in [-0.15, -0.1) is 0 Å². The van der Waals surface area contributed by atoms with Crippen LogP contribution in [0.25, 0.3) is 0 Å². The summed E-state index contributed by atoms with van der Waals surface area (Å²) in [5.41, 5.74) is 7.96. The predicted octanol–water partition coefficient (Wildman–Crippen LogP) is 1.73. The Bertz CT molecular complexity index is 340. The first kappa shape index (κ1) is 10.7. The van der Waals surface area contributed by atoms with Gasteiger partial charge in [-0.25, -0.2) is 0 Å². The summed E-state index contributed by atoms with van der Waals surface area (Å²) in [7, 11) is 1.99. The molecule has 2 unspecified atom stereocenters. The topological polar surface area (TPSA) is 43.8 Å². The zero-order valence-electron chi connectivity index (χ0n) is 9.90. The molecule has 1 aliphatic carbocycles. The molecule has 2 atom stereocenters. The van der Waals surface area contributed by atoms with E-state index < -0.39 is 0 Å². The van der Waals surface area contributed by atoms with Crippen LogP contribution in [0.2, 0.25) is 0 Å². The van der Waals surface area contributed by atoms with Crippen LogP contribution in [-0.4, -0.2) is 15.8 Å². The Morgan fingerprint density at radius 2 is 2.33 bits per heavy atom. The fourth-order valence-corrected chi connectivity index (χ4v) is 2.40. The maximum atomic E-state index is 6.19. The molecular weight excluding hydrogens is 186 g/mol. The smallest absolute Gasteiger partial charge is 0.0492 e. The van der Waals surface area contributed by atoms with E-state index in [1.165, 1.54) is 12.1 Å². The van der Waals surface area contributed by atoms with Gasteiger partial charge < -0.3 is 5.73 Å². The normalized spacial score (nSPS) is 25.2. The second kappa shape index (κ2) is 3.63. The zero-order valence-corrected chi connectivity index (χ0v) is 9.90. The van der Waals surface area contributed by atoms with Crippen LogP contribution in [0, 0.1) is 11.3 Å². The van der Waals surface area contributed by atoms with Crippen molar-refractivity contribution in [1.82, 2.24) is 9.78 Å². The second-order valence-electron chi connectivity index (χ2n) is 5.45. The molecule has 3 nitrogen and oxygen atoms in total. The van der Waals surface area contributed by atoms with Gasteiger partial charge in [-0.05, 0) is 36.7 Å². The Morgan fingerprint density at radius 3 is 2.80 bits per heavy atom. The Morgan fingerprint density at radius 1 is 1.67 bits per heavy atom. The molecular formula is C12H21N3. The van der Waals surface area contributed by atoms with E-state index in [-0.39, 0.29) is 0 Å². The van der Waals surface area contributed by atoms with Crippen molar-refractivity contribution in [1.29, 1.82) is 0 Å². The standard InChI is InChI=1S/C12H21N3/c1-12(2)8-10(12)11(13)5-4-9-6-7-14-15(9)3/h6-7,10-11H,4-5,8,13H2,1-3H3. The molecule has 15 heavy (non-hydrogen) atoms. The lowest BCUT2D eigenvalue weighted by Gasteiger charge is -2.13. The van der Waals surface area contributed by atoms with Crippen LogP contribution >= 0.6 is 0 Å². The number of aromatic nitrogens is 2. The highest BCUT2D eigenvalue weighted by Crippen LogP contribution is 2.53. The molecule has 2 rings (SSSR count). The molecule has 1 saturated carbocycles. The summed E-state index contributed by atoms with van der Waals surface area (Å²) in [6.45, 7) is 4.61. The third-order valence-electron chi connectivity index (χ3n) is 3.76. The third-order valence-corrected chi connectivity index (χ3v) is 3.76. The lowest BCUT2D eigenvalue weighted by molar-refractivity contribution is 0.453. The Kier molecular flexibility index (Phi) is 2.59. The van der Waals surface area contributed by atoms with Gasteiger partial charge in [-0.1, -0.05) is 13.8 Å². The number of aryl methyl sites for hydroxylation is 2. The predicted molar refractivity (Wildman–Crippen MR) is 61.4 cm³/mol. The van der Waals surface area contributed by atoms with Gasteiger partial charge >= 0.3 is 0 Å². The van der Waals surface area contributed by atoms with E-state index in [0.717, 1.165) is 18.8 Å². The molecule has 0 aromatic carbocycles. The summed E-state index contributed by atoms with van der Waals surface area (Å²) in [4.78, 5) is 0. The van der Waals surface area contributed by atoms with Crippen molar-refractivity contribution in [3.8, 4) is 0 Å². The second-order valence-corrected chi connectivity index (χ2v) is 5.45. The molecule has 1 fully saturated rings. The van der Waals surface area contributed by atoms with E-state index in [4.69, 9.17) is 5.73 Å². The molecule has 0 bridgehead atoms. The highest BCUT2D eigenvalue weighted by molar-refractivity contribution is 5.04. The molecule has 0 amide bonds. The van der Waals surface area contributed by atoms with Crippen molar-refractivity contribution in [2.75, 3.05) is 0 Å². The van der Waals surface area contributed by atoms with Gasteiger partial charge in [0.25, 0.3) is 0 Å². The molecule has 1 aromatic heterocycles. The van der Waals surface area contributed by atoms with E-state index in [0.29, 0.717) is 11.5 Å². The zero-order chi connectivity index (χ0) is 11.1. The van der Waals surface area contributed by atoms with Gasteiger partial charge in [0.1, 0.15) is 0 Å². The summed E-state index contributed by atoms with van der Waals surface area (Å²) in [6, 6.07) is 2.43. The van der Waals surface area contributed by atoms with Crippen LogP contribution in [0.4, 0.5) is 0 Å². The highest BCUT2D eigenvalue weighted by atomic mass is 15.2. The number of nitrogens with zero attached hydrogens (tertiary/aromatic N) is 2. The van der Waals surface area contributed by atoms with E-state index >= 15 is 0 Å². The quantitative estimate of drug-likeness (QED) is 0.817. The molecule has 0 spiro atoms. The summed E-state index contributed by atoms with van der Waals surface area (Å²) in [5, 5.41) is 4.16. The van der Waals surface area contributed by atoms with Crippen LogP contribution in [0.15, 0.2) is 12.3 Å². The van der Waals surface area contributed by atoms with E-state index in [1.54, 1.807) is 0 Å². The maximum Gasteiger partial charge on any atom is 0.0492 e. The lowest BCUT2D eigenvalue weighted by atomic mass is 10.00. The number of nitrogens with two attached hydrogens (primary N) is 1. The first-order valence-electron chi connectivity index (χ1n) is 5.73. The van der Waals surface area contributed by atoms with Crippen molar-refractivity contribution in [2.45, 2.75) is 39.2 Å². The Balaban J connectivity index is 1.82. The van der Waals surface area contributed by atoms with Crippen molar-refractivity contribution in [3.63, 3.8) is 0 Å². The third kappa shape index (κ3) is 2.23. The monoisotopic (exact) mass is 207 g/mol. The van der Waals surface area contributed by atoms with Gasteiger partial charge in [-0.2, -0.15) is 5.10 Å². The van der Waals surface area contributed by atoms with Crippen LogP contribution in [-0.2, 0) is 13.5 Å². The van der Waals surface area contributed by atoms with Crippen LogP contribution in [0.1, 0.15) is 32.4 Å². The largest absolute Gasteiger partial charge is 0.327 e. The first-order valence-corrected chi connectivity index (χ1v) is 5.73. The molecule has 1 heterocycles. The minimum absolute atomic E-state index is 0.356. The minimum Gasteiger partial charge on any atom is -0.327 e. The molecule has 0 radical (unpaired) electrons. The SMILES string of the molecule is Cn1nccc1CCC(N)C1CC1(C)C. The van der Waals surface area contributed by atoms with Crippen LogP contribution in [0.5, 0.6) is 0 Å².